The van der Waals surface area contributed by atoms with Gasteiger partial charge in [-0.25, -0.2) is 0 Å². The van der Waals surface area contributed by atoms with E-state index >= 15 is 0 Å². The van der Waals surface area contributed by atoms with Crippen LogP contribution in [0, 0.1) is 34.0 Å². The highest BCUT2D eigenvalue weighted by Gasteiger charge is 2.72. The maximum absolute atomic E-state index is 11.3. The van der Waals surface area contributed by atoms with E-state index in [-0.39, 0.29) is 12.5 Å². The van der Waals surface area contributed by atoms with Gasteiger partial charge < -0.3 is 14.6 Å². The van der Waals surface area contributed by atoms with Crippen molar-refractivity contribution in [2.75, 3.05) is 6.61 Å². The quantitative estimate of drug-likeness (QED) is 0.457. The Balaban J connectivity index is 1.39. The van der Waals surface area contributed by atoms with E-state index in [1.54, 1.807) is 0 Å². The largest absolute Gasteiger partial charge is 0.481 e. The Kier molecular flexibility index (Phi) is 5.46. The molecule has 4 nitrogen and oxygen atoms in total. The molecule has 1 aliphatic heterocycles. The maximum Gasteiger partial charge on any atom is 0.304 e. The van der Waals surface area contributed by atoms with Crippen LogP contribution >= 0.6 is 0 Å². The smallest absolute Gasteiger partial charge is 0.304 e. The Morgan fingerprint density at radius 2 is 2.14 bits per heavy atom. The fourth-order valence-electron chi connectivity index (χ4n) is 7.59. The molecule has 1 heterocycles. The van der Waals surface area contributed by atoms with Crippen molar-refractivity contribution in [2.45, 2.75) is 91.1 Å². The van der Waals surface area contributed by atoms with E-state index in [0.29, 0.717) is 29.3 Å². The second-order valence-electron chi connectivity index (χ2n) is 11.1. The van der Waals surface area contributed by atoms with Crippen molar-refractivity contribution in [1.82, 2.24) is 0 Å². The van der Waals surface area contributed by atoms with Crippen LogP contribution in [-0.2, 0) is 14.3 Å². The molecule has 0 aromatic carbocycles. The number of aldehydes is 1. The first-order valence-electron chi connectivity index (χ1n) is 11.7. The van der Waals surface area contributed by atoms with Crippen molar-refractivity contribution in [3.05, 3.63) is 11.6 Å². The van der Waals surface area contributed by atoms with Crippen molar-refractivity contribution >= 4 is 12.3 Å². The lowest BCUT2D eigenvalue weighted by Crippen LogP contribution is -2.47. The number of carbonyl (C=O) groups is 2. The molecule has 1 spiro atoms. The average Bonchev–Trinajstić information content (AvgIpc) is 3.33. The number of carboxylic acid groups (broad SMARTS) is 1. The van der Waals surface area contributed by atoms with Gasteiger partial charge in [0.05, 0.1) is 25.0 Å². The summed E-state index contributed by atoms with van der Waals surface area (Å²) in [6, 6.07) is 0. The minimum Gasteiger partial charge on any atom is -0.481 e. The average molecular weight is 403 g/mol. The summed E-state index contributed by atoms with van der Waals surface area (Å²) in [5, 5.41) is 8.99. The van der Waals surface area contributed by atoms with Crippen LogP contribution in [0.15, 0.2) is 11.6 Å². The van der Waals surface area contributed by atoms with E-state index in [9.17, 15) is 9.59 Å². The van der Waals surface area contributed by atoms with Gasteiger partial charge in [0, 0.05) is 0 Å². The fraction of sp³-hybridized carbons (Fsp3) is 0.840. The SMILES string of the molecule is C[C@H]1CCC23C[C@]2(C)CCC[C@@H]3[C@@]1(C)CCC1=CCC(C(C=O)CC(=O)O)OC1. The summed E-state index contributed by atoms with van der Waals surface area (Å²) in [4.78, 5) is 22.2. The Morgan fingerprint density at radius 3 is 2.79 bits per heavy atom. The van der Waals surface area contributed by atoms with Crippen LogP contribution in [0.3, 0.4) is 0 Å². The van der Waals surface area contributed by atoms with Gasteiger partial charge in [-0.3, -0.25) is 4.79 Å². The molecule has 0 radical (unpaired) electrons. The number of hydrogen-bond acceptors (Lipinski definition) is 3. The van der Waals surface area contributed by atoms with Gasteiger partial charge in [-0.2, -0.15) is 0 Å². The summed E-state index contributed by atoms with van der Waals surface area (Å²) >= 11 is 0. The fourth-order valence-corrected chi connectivity index (χ4v) is 7.59. The third-order valence-electron chi connectivity index (χ3n) is 9.79. The highest BCUT2D eigenvalue weighted by atomic mass is 16.5. The van der Waals surface area contributed by atoms with Crippen LogP contribution in [0.5, 0.6) is 0 Å². The molecular weight excluding hydrogens is 364 g/mol. The molecule has 3 aliphatic carbocycles. The van der Waals surface area contributed by atoms with Gasteiger partial charge in [-0.1, -0.05) is 33.3 Å². The van der Waals surface area contributed by atoms with Gasteiger partial charge in [-0.05, 0) is 85.0 Å². The van der Waals surface area contributed by atoms with E-state index < -0.39 is 11.9 Å². The first-order valence-corrected chi connectivity index (χ1v) is 11.7. The monoisotopic (exact) mass is 402 g/mol. The Morgan fingerprint density at radius 1 is 1.34 bits per heavy atom. The molecule has 3 unspecified atom stereocenters. The lowest BCUT2D eigenvalue weighted by molar-refractivity contribution is -0.141. The first kappa shape index (κ1) is 21.1. The second kappa shape index (κ2) is 7.51. The Hall–Kier alpha value is -1.16. The van der Waals surface area contributed by atoms with Crippen LogP contribution in [0.1, 0.15) is 85.0 Å². The van der Waals surface area contributed by atoms with Gasteiger partial charge in [0.25, 0.3) is 0 Å². The molecule has 1 N–H and O–H groups in total. The summed E-state index contributed by atoms with van der Waals surface area (Å²) in [6.07, 6.45) is 14.0. The van der Waals surface area contributed by atoms with Crippen molar-refractivity contribution < 1.29 is 19.4 Å². The number of ether oxygens (including phenoxy) is 1. The molecule has 162 valence electrons. The molecule has 4 heteroatoms. The number of hydrogen-bond donors (Lipinski definition) is 1. The third-order valence-corrected chi connectivity index (χ3v) is 9.79. The molecule has 0 aromatic heterocycles. The molecular formula is C25H38O4. The number of aliphatic carboxylic acids is 1. The van der Waals surface area contributed by atoms with Gasteiger partial charge >= 0.3 is 5.97 Å². The Labute approximate surface area is 175 Å². The molecule has 29 heavy (non-hydrogen) atoms. The molecule has 3 fully saturated rings. The summed E-state index contributed by atoms with van der Waals surface area (Å²) in [5.41, 5.74) is 2.99. The minimum absolute atomic E-state index is 0.143. The second-order valence-corrected chi connectivity index (χ2v) is 11.1. The van der Waals surface area contributed by atoms with Gasteiger partial charge in [0.2, 0.25) is 0 Å². The highest BCUT2D eigenvalue weighted by molar-refractivity contribution is 5.72. The van der Waals surface area contributed by atoms with Gasteiger partial charge in [-0.15, -0.1) is 0 Å². The number of carboxylic acids is 1. The van der Waals surface area contributed by atoms with Crippen molar-refractivity contribution in [1.29, 1.82) is 0 Å². The van der Waals surface area contributed by atoms with Crippen LogP contribution < -0.4 is 0 Å². The molecule has 4 aliphatic rings. The number of carbonyl (C=O) groups excluding carboxylic acids is 1. The lowest BCUT2D eigenvalue weighted by Gasteiger charge is -2.55. The molecule has 0 amide bonds. The van der Waals surface area contributed by atoms with Crippen molar-refractivity contribution in [2.24, 2.45) is 34.0 Å². The predicted molar refractivity (Wildman–Crippen MR) is 112 cm³/mol. The maximum atomic E-state index is 11.3. The minimum atomic E-state index is -0.937. The van der Waals surface area contributed by atoms with Crippen molar-refractivity contribution in [3.63, 3.8) is 0 Å². The topological polar surface area (TPSA) is 63.6 Å². The van der Waals surface area contributed by atoms with E-state index in [2.05, 4.69) is 26.8 Å². The zero-order chi connectivity index (χ0) is 20.9. The van der Waals surface area contributed by atoms with E-state index in [4.69, 9.17) is 9.84 Å². The zero-order valence-corrected chi connectivity index (χ0v) is 18.4. The molecule has 3 saturated carbocycles. The normalized spacial score (nSPS) is 44.8. The molecule has 4 rings (SSSR count). The standard InChI is InChI=1S/C25H38O4/c1-17-8-12-25-16-23(25,2)10-4-5-21(25)24(17,3)11-9-18-6-7-20(29-15-18)19(14-26)13-22(27)28/h6,14,17,19-21H,4-5,7-13,15-16H2,1-3H3,(H,27,28)/t17-,19?,20?,21+,23-,24-,25?/m0/s1. The van der Waals surface area contributed by atoms with Crippen molar-refractivity contribution in [3.8, 4) is 0 Å². The zero-order valence-electron chi connectivity index (χ0n) is 18.4. The number of rotatable bonds is 7. The third kappa shape index (κ3) is 3.49. The summed E-state index contributed by atoms with van der Waals surface area (Å²) in [5.74, 6) is 0.156. The summed E-state index contributed by atoms with van der Waals surface area (Å²) in [7, 11) is 0. The molecule has 0 aromatic rings. The van der Waals surface area contributed by atoms with E-state index in [0.717, 1.165) is 24.5 Å². The molecule has 0 saturated heterocycles. The molecule has 7 atom stereocenters. The van der Waals surface area contributed by atoms with E-state index in [1.807, 2.05) is 0 Å². The highest BCUT2D eigenvalue weighted by Crippen LogP contribution is 2.80. The van der Waals surface area contributed by atoms with Crippen LogP contribution in [0.4, 0.5) is 0 Å². The van der Waals surface area contributed by atoms with Crippen LogP contribution in [0.25, 0.3) is 0 Å². The van der Waals surface area contributed by atoms with Gasteiger partial charge in [0.15, 0.2) is 0 Å². The van der Waals surface area contributed by atoms with Crippen LogP contribution in [0.2, 0.25) is 0 Å². The lowest BCUT2D eigenvalue weighted by atomic mass is 9.50. The summed E-state index contributed by atoms with van der Waals surface area (Å²) < 4.78 is 5.93. The van der Waals surface area contributed by atoms with Gasteiger partial charge in [0.1, 0.15) is 6.29 Å². The first-order chi connectivity index (χ1) is 13.7. The Bertz CT molecular complexity index is 699. The predicted octanol–water partition coefficient (Wildman–Crippen LogP) is 5.40. The van der Waals surface area contributed by atoms with Crippen LogP contribution in [-0.4, -0.2) is 30.1 Å². The van der Waals surface area contributed by atoms with E-state index in [1.165, 1.54) is 50.5 Å². The summed E-state index contributed by atoms with van der Waals surface area (Å²) in [6.45, 7) is 8.14. The molecule has 0 bridgehead atoms.